The highest BCUT2D eigenvalue weighted by molar-refractivity contribution is 7.15. The molecule has 0 aliphatic heterocycles. The Morgan fingerprint density at radius 3 is 3.00 bits per heavy atom. The van der Waals surface area contributed by atoms with Crippen molar-refractivity contribution in [2.45, 2.75) is 45.4 Å². The van der Waals surface area contributed by atoms with Gasteiger partial charge in [-0.2, -0.15) is 0 Å². The number of benzene rings is 1. The van der Waals surface area contributed by atoms with Crippen molar-refractivity contribution >= 4 is 34.0 Å². The zero-order valence-corrected chi connectivity index (χ0v) is 15.3. The minimum Gasteiger partial charge on any atom is -0.493 e. The number of nitrogens with one attached hydrogen (secondary N) is 1. The van der Waals surface area contributed by atoms with E-state index in [0.29, 0.717) is 24.5 Å². The number of rotatable bonds is 6. The molecule has 1 heterocycles. The Kier molecular flexibility index (Phi) is 5.74. The van der Waals surface area contributed by atoms with Crippen LogP contribution in [0, 0.1) is 6.92 Å². The first-order chi connectivity index (χ1) is 11.6. The van der Waals surface area contributed by atoms with Crippen LogP contribution in [-0.2, 0) is 17.6 Å². The third-order valence-corrected chi connectivity index (χ3v) is 5.34. The maximum atomic E-state index is 12.0. The standard InChI is InChI=1S/C18H21ClN2O2S/c1-12-11-13(19)8-9-15(12)23-10-4-7-17(22)21-18-20-14-5-2-3-6-16(14)24-18/h8-9,11H,2-7,10H2,1H3,(H,20,21,22). The molecule has 24 heavy (non-hydrogen) atoms. The molecule has 0 fully saturated rings. The van der Waals surface area contributed by atoms with Crippen molar-refractivity contribution in [1.82, 2.24) is 4.98 Å². The minimum absolute atomic E-state index is 0.00229. The van der Waals surface area contributed by atoms with Crippen LogP contribution in [-0.4, -0.2) is 17.5 Å². The molecule has 4 nitrogen and oxygen atoms in total. The number of carbonyl (C=O) groups is 1. The summed E-state index contributed by atoms with van der Waals surface area (Å²) in [6.07, 6.45) is 5.65. The van der Waals surface area contributed by atoms with Crippen LogP contribution < -0.4 is 10.1 Å². The molecule has 0 spiro atoms. The summed E-state index contributed by atoms with van der Waals surface area (Å²) >= 11 is 7.54. The molecule has 0 saturated heterocycles. The molecule has 2 aromatic rings. The molecule has 0 atom stereocenters. The van der Waals surface area contributed by atoms with Crippen molar-refractivity contribution in [2.75, 3.05) is 11.9 Å². The molecular weight excluding hydrogens is 344 g/mol. The first kappa shape index (κ1) is 17.2. The number of hydrogen-bond donors (Lipinski definition) is 1. The van der Waals surface area contributed by atoms with E-state index in [1.54, 1.807) is 17.4 Å². The number of hydrogen-bond acceptors (Lipinski definition) is 4. The first-order valence-corrected chi connectivity index (χ1v) is 9.48. The Balaban J connectivity index is 1.42. The van der Waals surface area contributed by atoms with Gasteiger partial charge in [-0.3, -0.25) is 4.79 Å². The molecule has 3 rings (SSSR count). The van der Waals surface area contributed by atoms with Gasteiger partial charge in [-0.15, -0.1) is 11.3 Å². The largest absolute Gasteiger partial charge is 0.493 e. The number of ether oxygens (including phenoxy) is 1. The number of halogens is 1. The van der Waals surface area contributed by atoms with Crippen LogP contribution in [0.1, 0.15) is 41.8 Å². The highest BCUT2D eigenvalue weighted by Crippen LogP contribution is 2.29. The molecule has 128 valence electrons. The van der Waals surface area contributed by atoms with Crippen molar-refractivity contribution in [2.24, 2.45) is 0 Å². The van der Waals surface area contributed by atoms with Crippen LogP contribution in [0.25, 0.3) is 0 Å². The fourth-order valence-corrected chi connectivity index (χ4v) is 4.07. The normalized spacial score (nSPS) is 13.4. The molecule has 0 saturated carbocycles. The second kappa shape index (κ2) is 7.99. The predicted octanol–water partition coefficient (Wildman–Crippen LogP) is 4.78. The fraction of sp³-hybridized carbons (Fsp3) is 0.444. The number of amides is 1. The van der Waals surface area contributed by atoms with Crippen LogP contribution in [0.3, 0.4) is 0 Å². The van der Waals surface area contributed by atoms with Gasteiger partial charge >= 0.3 is 0 Å². The third-order valence-electron chi connectivity index (χ3n) is 4.03. The number of fused-ring (bicyclic) bond motifs is 1. The lowest BCUT2D eigenvalue weighted by Crippen LogP contribution is -2.12. The molecule has 6 heteroatoms. The van der Waals surface area contributed by atoms with Gasteiger partial charge in [-0.25, -0.2) is 4.98 Å². The summed E-state index contributed by atoms with van der Waals surface area (Å²) < 4.78 is 5.71. The maximum absolute atomic E-state index is 12.0. The summed E-state index contributed by atoms with van der Waals surface area (Å²) in [5.74, 6) is 0.810. The van der Waals surface area contributed by atoms with Gasteiger partial charge in [-0.1, -0.05) is 11.6 Å². The highest BCUT2D eigenvalue weighted by atomic mass is 35.5. The van der Waals surface area contributed by atoms with Gasteiger partial charge in [0.2, 0.25) is 5.91 Å². The number of nitrogens with zero attached hydrogens (tertiary/aromatic N) is 1. The van der Waals surface area contributed by atoms with Gasteiger partial charge < -0.3 is 10.1 Å². The topological polar surface area (TPSA) is 51.2 Å². The van der Waals surface area contributed by atoms with E-state index < -0.39 is 0 Å². The average molecular weight is 365 g/mol. The Labute approximate surface area is 151 Å². The lowest BCUT2D eigenvalue weighted by atomic mass is 10.0. The zero-order valence-electron chi connectivity index (χ0n) is 13.7. The van der Waals surface area contributed by atoms with Crippen LogP contribution in [0.5, 0.6) is 5.75 Å². The van der Waals surface area contributed by atoms with Gasteiger partial charge in [0.15, 0.2) is 5.13 Å². The van der Waals surface area contributed by atoms with E-state index in [2.05, 4.69) is 10.3 Å². The van der Waals surface area contributed by atoms with E-state index in [4.69, 9.17) is 16.3 Å². The van der Waals surface area contributed by atoms with E-state index in [-0.39, 0.29) is 5.91 Å². The van der Waals surface area contributed by atoms with E-state index in [1.807, 2.05) is 19.1 Å². The average Bonchev–Trinajstić information content (AvgIpc) is 2.95. The third kappa shape index (κ3) is 4.48. The number of carbonyl (C=O) groups excluding carboxylic acids is 1. The van der Waals surface area contributed by atoms with Gasteiger partial charge in [0.25, 0.3) is 0 Å². The number of aryl methyl sites for hydroxylation is 3. The molecule has 1 aliphatic carbocycles. The summed E-state index contributed by atoms with van der Waals surface area (Å²) in [7, 11) is 0. The summed E-state index contributed by atoms with van der Waals surface area (Å²) in [6.45, 7) is 2.46. The van der Waals surface area contributed by atoms with Crippen molar-refractivity contribution in [3.63, 3.8) is 0 Å². The van der Waals surface area contributed by atoms with Crippen molar-refractivity contribution in [3.8, 4) is 5.75 Å². The van der Waals surface area contributed by atoms with Crippen molar-refractivity contribution < 1.29 is 9.53 Å². The van der Waals surface area contributed by atoms with Crippen molar-refractivity contribution in [3.05, 3.63) is 39.4 Å². The Morgan fingerprint density at radius 1 is 1.38 bits per heavy atom. The smallest absolute Gasteiger partial charge is 0.226 e. The van der Waals surface area contributed by atoms with Gasteiger partial charge in [0.1, 0.15) is 5.75 Å². The Hall–Kier alpha value is -1.59. The lowest BCUT2D eigenvalue weighted by Gasteiger charge is -2.09. The van der Waals surface area contributed by atoms with Gasteiger partial charge in [-0.05, 0) is 62.8 Å². The summed E-state index contributed by atoms with van der Waals surface area (Å²) in [6, 6.07) is 5.53. The molecule has 0 bridgehead atoms. The van der Waals surface area contributed by atoms with Gasteiger partial charge in [0, 0.05) is 16.3 Å². The SMILES string of the molecule is Cc1cc(Cl)ccc1OCCCC(=O)Nc1nc2c(s1)CCCC2. The van der Waals surface area contributed by atoms with E-state index in [0.717, 1.165) is 29.3 Å². The van der Waals surface area contributed by atoms with Gasteiger partial charge in [0.05, 0.1) is 12.3 Å². The minimum atomic E-state index is -0.00229. The van der Waals surface area contributed by atoms with Crippen molar-refractivity contribution in [1.29, 1.82) is 0 Å². The maximum Gasteiger partial charge on any atom is 0.226 e. The monoisotopic (exact) mass is 364 g/mol. The summed E-state index contributed by atoms with van der Waals surface area (Å²) in [5.41, 5.74) is 2.17. The fourth-order valence-electron chi connectivity index (χ4n) is 2.78. The molecule has 1 amide bonds. The number of anilines is 1. The molecule has 1 aromatic carbocycles. The first-order valence-electron chi connectivity index (χ1n) is 8.29. The van der Waals surface area contributed by atoms with E-state index in [1.165, 1.54) is 23.4 Å². The Morgan fingerprint density at radius 2 is 2.21 bits per heavy atom. The molecule has 1 aromatic heterocycles. The molecule has 1 aliphatic rings. The summed E-state index contributed by atoms with van der Waals surface area (Å²) in [4.78, 5) is 17.9. The quantitative estimate of drug-likeness (QED) is 0.750. The number of aromatic nitrogens is 1. The van der Waals surface area contributed by atoms with E-state index in [9.17, 15) is 4.79 Å². The molecule has 0 radical (unpaired) electrons. The lowest BCUT2D eigenvalue weighted by molar-refractivity contribution is -0.116. The molecule has 0 unspecified atom stereocenters. The second-order valence-electron chi connectivity index (χ2n) is 6.01. The molecular formula is C18H21ClN2O2S. The van der Waals surface area contributed by atoms with Crippen LogP contribution in [0.2, 0.25) is 5.02 Å². The van der Waals surface area contributed by atoms with Crippen LogP contribution in [0.4, 0.5) is 5.13 Å². The Bertz CT molecular complexity index is 706. The highest BCUT2D eigenvalue weighted by Gasteiger charge is 2.16. The molecule has 1 N–H and O–H groups in total. The van der Waals surface area contributed by atoms with Crippen LogP contribution in [0.15, 0.2) is 18.2 Å². The zero-order chi connectivity index (χ0) is 16.9. The predicted molar refractivity (Wildman–Crippen MR) is 98.3 cm³/mol. The second-order valence-corrected chi connectivity index (χ2v) is 7.53. The van der Waals surface area contributed by atoms with E-state index >= 15 is 0 Å². The summed E-state index contributed by atoms with van der Waals surface area (Å²) in [5, 5.41) is 4.35. The number of thiazole rings is 1. The van der Waals surface area contributed by atoms with Crippen LogP contribution >= 0.6 is 22.9 Å².